The minimum Gasteiger partial charge on any atom is -0.326 e. The van der Waals surface area contributed by atoms with E-state index in [-0.39, 0.29) is 17.2 Å². The summed E-state index contributed by atoms with van der Waals surface area (Å²) in [5.74, 6) is 0.596. The van der Waals surface area contributed by atoms with Crippen LogP contribution in [0.25, 0.3) is 0 Å². The van der Waals surface area contributed by atoms with E-state index in [1.54, 1.807) is 11.8 Å². The van der Waals surface area contributed by atoms with Crippen molar-refractivity contribution in [2.75, 3.05) is 16.0 Å². The van der Waals surface area contributed by atoms with Crippen molar-refractivity contribution in [3.05, 3.63) is 59.7 Å². The van der Waals surface area contributed by atoms with Crippen molar-refractivity contribution in [1.82, 2.24) is 0 Å². The Bertz CT molecular complexity index is 741. The molecule has 0 radical (unpaired) electrons. The van der Waals surface area contributed by atoms with Gasteiger partial charge in [-0.05, 0) is 36.8 Å². The van der Waals surface area contributed by atoms with Crippen LogP contribution in [0, 0.1) is 6.92 Å². The number of amides is 2. The number of nitrogens with zero attached hydrogens (tertiary/aromatic N) is 1. The highest BCUT2D eigenvalue weighted by Gasteiger charge is 2.33. The summed E-state index contributed by atoms with van der Waals surface area (Å²) < 4.78 is 0. The summed E-state index contributed by atoms with van der Waals surface area (Å²) in [6, 6.07) is 15.7. The third-order valence-corrected chi connectivity index (χ3v) is 5.19. The number of hydrogen-bond donors (Lipinski definition) is 1. The van der Waals surface area contributed by atoms with Gasteiger partial charge in [0, 0.05) is 17.8 Å². The quantitative estimate of drug-likeness (QED) is 0.911. The first kappa shape index (κ1) is 16.6. The van der Waals surface area contributed by atoms with Crippen molar-refractivity contribution in [2.45, 2.75) is 25.6 Å². The smallest absolute Gasteiger partial charge is 0.238 e. The molecule has 0 aliphatic carbocycles. The van der Waals surface area contributed by atoms with Gasteiger partial charge in [0.05, 0.1) is 5.75 Å². The highest BCUT2D eigenvalue weighted by Crippen LogP contribution is 2.41. The van der Waals surface area contributed by atoms with E-state index >= 15 is 0 Å². The number of carbonyl (C=O) groups excluding carboxylic acids is 2. The Hall–Kier alpha value is -2.27. The number of thioether (sulfide) groups is 1. The molecular formula is C19H20N2O2S. The van der Waals surface area contributed by atoms with Crippen LogP contribution in [0.2, 0.25) is 0 Å². The third kappa shape index (κ3) is 3.46. The lowest BCUT2D eigenvalue weighted by Gasteiger charge is -2.24. The molecule has 0 bridgehead atoms. The van der Waals surface area contributed by atoms with Crippen molar-refractivity contribution < 1.29 is 9.59 Å². The number of nitrogens with one attached hydrogen (secondary N) is 1. The van der Waals surface area contributed by atoms with Gasteiger partial charge in [-0.25, -0.2) is 0 Å². The van der Waals surface area contributed by atoms with Crippen molar-refractivity contribution in [3.8, 4) is 0 Å². The number of aryl methyl sites for hydroxylation is 1. The molecule has 2 aromatic rings. The maximum absolute atomic E-state index is 12.3. The van der Waals surface area contributed by atoms with E-state index in [2.05, 4.69) is 5.32 Å². The first-order valence-electron chi connectivity index (χ1n) is 7.98. The van der Waals surface area contributed by atoms with E-state index < -0.39 is 0 Å². The van der Waals surface area contributed by atoms with Crippen molar-refractivity contribution in [3.63, 3.8) is 0 Å². The normalized spacial score (nSPS) is 17.2. The second kappa shape index (κ2) is 7.09. The van der Waals surface area contributed by atoms with Crippen molar-refractivity contribution in [2.24, 2.45) is 0 Å². The Morgan fingerprint density at radius 1 is 1.17 bits per heavy atom. The van der Waals surface area contributed by atoms with Crippen molar-refractivity contribution >= 4 is 35.0 Å². The molecule has 1 aliphatic heterocycles. The first-order chi connectivity index (χ1) is 11.6. The van der Waals surface area contributed by atoms with Crippen LogP contribution in [0.5, 0.6) is 0 Å². The van der Waals surface area contributed by atoms with Crippen LogP contribution in [0.1, 0.15) is 29.8 Å². The van der Waals surface area contributed by atoms with Crippen LogP contribution in [-0.2, 0) is 9.59 Å². The Balaban J connectivity index is 1.83. The second-order valence-electron chi connectivity index (χ2n) is 5.79. The monoisotopic (exact) mass is 340 g/mol. The molecule has 1 N–H and O–H groups in total. The average molecular weight is 340 g/mol. The number of carbonyl (C=O) groups is 2. The van der Waals surface area contributed by atoms with Gasteiger partial charge in [-0.2, -0.15) is 0 Å². The molecule has 1 atom stereocenters. The zero-order valence-corrected chi connectivity index (χ0v) is 14.6. The summed E-state index contributed by atoms with van der Waals surface area (Å²) in [6.45, 7) is 3.86. The molecular weight excluding hydrogens is 320 g/mol. The zero-order chi connectivity index (χ0) is 17.1. The fourth-order valence-corrected chi connectivity index (χ4v) is 3.81. The maximum atomic E-state index is 12.3. The van der Waals surface area contributed by atoms with Gasteiger partial charge in [-0.1, -0.05) is 36.8 Å². The Morgan fingerprint density at radius 3 is 2.46 bits per heavy atom. The molecule has 124 valence electrons. The predicted octanol–water partition coefficient (Wildman–Crippen LogP) is 4.12. The summed E-state index contributed by atoms with van der Waals surface area (Å²) in [5, 5.41) is 2.81. The number of rotatable bonds is 4. The van der Waals surface area contributed by atoms with Crippen LogP contribution >= 0.6 is 11.8 Å². The summed E-state index contributed by atoms with van der Waals surface area (Å²) in [6.07, 6.45) is 0.454. The molecule has 1 saturated heterocycles. The highest BCUT2D eigenvalue weighted by molar-refractivity contribution is 8.00. The van der Waals surface area contributed by atoms with Crippen LogP contribution < -0.4 is 10.2 Å². The summed E-state index contributed by atoms with van der Waals surface area (Å²) in [4.78, 5) is 25.7. The molecule has 4 nitrogen and oxygen atoms in total. The Morgan fingerprint density at radius 2 is 1.83 bits per heavy atom. The summed E-state index contributed by atoms with van der Waals surface area (Å²) >= 11 is 1.62. The molecule has 1 fully saturated rings. The topological polar surface area (TPSA) is 49.4 Å². The molecule has 2 amide bonds. The van der Waals surface area contributed by atoms with Gasteiger partial charge in [-0.3, -0.25) is 14.5 Å². The van der Waals surface area contributed by atoms with E-state index in [0.717, 1.165) is 16.9 Å². The molecule has 0 aromatic heterocycles. The zero-order valence-electron chi connectivity index (χ0n) is 13.8. The lowest BCUT2D eigenvalue weighted by atomic mass is 10.1. The molecule has 1 heterocycles. The second-order valence-corrected chi connectivity index (χ2v) is 6.85. The van der Waals surface area contributed by atoms with E-state index in [9.17, 15) is 9.59 Å². The fraction of sp³-hybridized carbons (Fsp3) is 0.263. The van der Waals surface area contributed by atoms with E-state index in [1.807, 2.05) is 67.3 Å². The SMILES string of the molecule is CCC(=O)Nc1ccc([C@@H]2SCC(=O)N2c2ccc(C)cc2)cc1. The summed E-state index contributed by atoms with van der Waals surface area (Å²) in [7, 11) is 0. The lowest BCUT2D eigenvalue weighted by Crippen LogP contribution is -2.27. The number of hydrogen-bond acceptors (Lipinski definition) is 3. The standard InChI is InChI=1S/C19H20N2O2S/c1-3-17(22)20-15-8-6-14(7-9-15)19-21(18(23)12-24-19)16-10-4-13(2)5-11-16/h4-11,19H,3,12H2,1-2H3,(H,20,22)/t19-/m0/s1. The van der Waals surface area contributed by atoms with Gasteiger partial charge in [0.2, 0.25) is 11.8 Å². The average Bonchev–Trinajstić information content (AvgIpc) is 2.98. The predicted molar refractivity (Wildman–Crippen MR) is 99.2 cm³/mol. The minimum absolute atomic E-state index is 0.00514. The number of benzene rings is 2. The van der Waals surface area contributed by atoms with Gasteiger partial charge in [-0.15, -0.1) is 11.8 Å². The van der Waals surface area contributed by atoms with Crippen LogP contribution in [-0.4, -0.2) is 17.6 Å². The third-order valence-electron chi connectivity index (χ3n) is 3.98. The Kier molecular flexibility index (Phi) is 4.90. The molecule has 1 aliphatic rings. The van der Waals surface area contributed by atoms with Crippen LogP contribution in [0.4, 0.5) is 11.4 Å². The first-order valence-corrected chi connectivity index (χ1v) is 9.03. The fourth-order valence-electron chi connectivity index (χ4n) is 2.64. The molecule has 0 saturated carbocycles. The van der Waals surface area contributed by atoms with Crippen LogP contribution in [0.15, 0.2) is 48.5 Å². The molecule has 0 spiro atoms. The molecule has 0 unspecified atom stereocenters. The van der Waals surface area contributed by atoms with Gasteiger partial charge >= 0.3 is 0 Å². The van der Waals surface area contributed by atoms with Gasteiger partial charge < -0.3 is 5.32 Å². The molecule has 24 heavy (non-hydrogen) atoms. The van der Waals surface area contributed by atoms with Crippen LogP contribution in [0.3, 0.4) is 0 Å². The van der Waals surface area contributed by atoms with E-state index in [4.69, 9.17) is 0 Å². The van der Waals surface area contributed by atoms with E-state index in [0.29, 0.717) is 12.2 Å². The molecule has 5 heteroatoms. The lowest BCUT2D eigenvalue weighted by molar-refractivity contribution is -0.116. The molecule has 3 rings (SSSR count). The van der Waals surface area contributed by atoms with Gasteiger partial charge in [0.25, 0.3) is 0 Å². The van der Waals surface area contributed by atoms with Gasteiger partial charge in [0.15, 0.2) is 0 Å². The van der Waals surface area contributed by atoms with E-state index in [1.165, 1.54) is 5.56 Å². The largest absolute Gasteiger partial charge is 0.326 e. The maximum Gasteiger partial charge on any atom is 0.238 e. The molecule has 2 aromatic carbocycles. The summed E-state index contributed by atoms with van der Waals surface area (Å²) in [5.41, 5.74) is 3.93. The van der Waals surface area contributed by atoms with Gasteiger partial charge in [0.1, 0.15) is 5.37 Å². The highest BCUT2D eigenvalue weighted by atomic mass is 32.2. The minimum atomic E-state index is -0.0314. The van der Waals surface area contributed by atoms with Crippen molar-refractivity contribution in [1.29, 1.82) is 0 Å². The number of anilines is 2. The Labute approximate surface area is 146 Å².